The van der Waals surface area contributed by atoms with Gasteiger partial charge in [-0.15, -0.1) is 0 Å². The molecule has 12 heavy (non-hydrogen) atoms. The van der Waals surface area contributed by atoms with E-state index in [1.807, 2.05) is 0 Å². The summed E-state index contributed by atoms with van der Waals surface area (Å²) in [4.78, 5) is 16.7. The van der Waals surface area contributed by atoms with Crippen molar-refractivity contribution in [1.82, 2.24) is 4.90 Å². The van der Waals surface area contributed by atoms with Crippen LogP contribution in [-0.2, 0) is 9.57 Å². The Labute approximate surface area is 74.7 Å². The standard InChI is InChI=1S/C6H10N2O3S/c1-8(2)6(9)11-7-5-3-10-4-12-5/h3-4H2,1-2H3/b7-5+. The van der Waals surface area contributed by atoms with E-state index in [-0.39, 0.29) is 0 Å². The van der Waals surface area contributed by atoms with Crippen molar-refractivity contribution in [2.24, 2.45) is 5.16 Å². The van der Waals surface area contributed by atoms with Crippen LogP contribution in [0.15, 0.2) is 5.16 Å². The number of thioether (sulfide) groups is 1. The highest BCUT2D eigenvalue weighted by Gasteiger charge is 2.11. The molecular formula is C6H10N2O3S. The van der Waals surface area contributed by atoms with Crippen molar-refractivity contribution >= 4 is 22.9 Å². The van der Waals surface area contributed by atoms with Crippen LogP contribution in [0.2, 0.25) is 0 Å². The molecule has 1 rings (SSSR count). The number of hydrogen-bond donors (Lipinski definition) is 0. The zero-order chi connectivity index (χ0) is 8.97. The van der Waals surface area contributed by atoms with Crippen LogP contribution < -0.4 is 0 Å². The third-order valence-corrected chi connectivity index (χ3v) is 1.94. The molecule has 0 saturated carbocycles. The summed E-state index contributed by atoms with van der Waals surface area (Å²) in [5.41, 5.74) is 0. The highest BCUT2D eigenvalue weighted by molar-refractivity contribution is 8.14. The van der Waals surface area contributed by atoms with Crippen molar-refractivity contribution < 1.29 is 14.4 Å². The SMILES string of the molecule is CN(C)C(=O)O/N=C1\COCS1. The highest BCUT2D eigenvalue weighted by Crippen LogP contribution is 2.13. The molecule has 0 aromatic rings. The average molecular weight is 190 g/mol. The molecule has 5 nitrogen and oxygen atoms in total. The minimum atomic E-state index is -0.477. The molecule has 0 N–H and O–H groups in total. The Morgan fingerprint density at radius 3 is 3.00 bits per heavy atom. The van der Waals surface area contributed by atoms with Crippen LogP contribution in [0.3, 0.4) is 0 Å². The molecule has 0 aliphatic carbocycles. The van der Waals surface area contributed by atoms with E-state index in [1.165, 1.54) is 16.7 Å². The molecule has 0 aromatic carbocycles. The number of hydrogen-bond acceptors (Lipinski definition) is 5. The van der Waals surface area contributed by atoms with Gasteiger partial charge in [-0.3, -0.25) is 4.84 Å². The Hall–Kier alpha value is -0.750. The van der Waals surface area contributed by atoms with Gasteiger partial charge in [-0.2, -0.15) is 0 Å². The van der Waals surface area contributed by atoms with Crippen LogP contribution in [0.25, 0.3) is 0 Å². The lowest BCUT2D eigenvalue weighted by Gasteiger charge is -2.05. The second-order valence-electron chi connectivity index (χ2n) is 2.35. The van der Waals surface area contributed by atoms with Crippen molar-refractivity contribution in [3.63, 3.8) is 0 Å². The summed E-state index contributed by atoms with van der Waals surface area (Å²) in [6.45, 7) is 0.436. The van der Waals surface area contributed by atoms with Gasteiger partial charge >= 0.3 is 6.09 Å². The second kappa shape index (κ2) is 4.32. The van der Waals surface area contributed by atoms with Gasteiger partial charge in [-0.05, 0) is 0 Å². The molecule has 0 radical (unpaired) electrons. The molecule has 1 heterocycles. The summed E-state index contributed by atoms with van der Waals surface area (Å²) in [5.74, 6) is 0.582. The Morgan fingerprint density at radius 1 is 1.75 bits per heavy atom. The number of oxime groups is 1. The monoisotopic (exact) mass is 190 g/mol. The van der Waals surface area contributed by atoms with E-state index < -0.39 is 6.09 Å². The average Bonchev–Trinajstić information content (AvgIpc) is 2.51. The van der Waals surface area contributed by atoms with Gasteiger partial charge in [0.1, 0.15) is 5.04 Å². The van der Waals surface area contributed by atoms with Crippen molar-refractivity contribution in [3.05, 3.63) is 0 Å². The number of amides is 1. The maximum Gasteiger partial charge on any atom is 0.435 e. The number of carbonyl (C=O) groups is 1. The van der Waals surface area contributed by atoms with Gasteiger partial charge < -0.3 is 9.64 Å². The van der Waals surface area contributed by atoms with Crippen molar-refractivity contribution in [3.8, 4) is 0 Å². The fourth-order valence-electron chi connectivity index (χ4n) is 0.505. The number of ether oxygens (including phenoxy) is 1. The normalized spacial score (nSPS) is 19.7. The summed E-state index contributed by atoms with van der Waals surface area (Å²) >= 11 is 1.43. The van der Waals surface area contributed by atoms with Gasteiger partial charge in [-0.1, -0.05) is 16.9 Å². The first kappa shape index (κ1) is 9.34. The van der Waals surface area contributed by atoms with E-state index in [1.54, 1.807) is 14.1 Å². The quantitative estimate of drug-likeness (QED) is 0.451. The minimum absolute atomic E-state index is 0.436. The van der Waals surface area contributed by atoms with E-state index in [4.69, 9.17) is 4.74 Å². The zero-order valence-corrected chi connectivity index (χ0v) is 7.76. The Morgan fingerprint density at radius 2 is 2.50 bits per heavy atom. The van der Waals surface area contributed by atoms with Crippen molar-refractivity contribution in [2.45, 2.75) is 0 Å². The molecule has 1 saturated heterocycles. The highest BCUT2D eigenvalue weighted by atomic mass is 32.2. The molecule has 0 bridgehead atoms. The van der Waals surface area contributed by atoms with E-state index >= 15 is 0 Å². The molecule has 1 amide bonds. The van der Waals surface area contributed by atoms with E-state index in [2.05, 4.69) is 9.99 Å². The molecule has 1 aliphatic rings. The lowest BCUT2D eigenvalue weighted by atomic mass is 10.8. The van der Waals surface area contributed by atoms with Crippen LogP contribution in [0.5, 0.6) is 0 Å². The Kier molecular flexibility index (Phi) is 3.36. The third-order valence-electron chi connectivity index (χ3n) is 1.13. The fraction of sp³-hybridized carbons (Fsp3) is 0.667. The first-order valence-electron chi connectivity index (χ1n) is 3.36. The van der Waals surface area contributed by atoms with Crippen molar-refractivity contribution in [2.75, 3.05) is 26.6 Å². The van der Waals surface area contributed by atoms with Gasteiger partial charge in [0.05, 0.1) is 12.5 Å². The lowest BCUT2D eigenvalue weighted by Crippen LogP contribution is -2.21. The fourth-order valence-corrected chi connectivity index (χ4v) is 1.06. The summed E-state index contributed by atoms with van der Waals surface area (Å²) in [7, 11) is 3.20. The van der Waals surface area contributed by atoms with Gasteiger partial charge in [-0.25, -0.2) is 4.79 Å². The molecule has 0 unspecified atom stereocenters. The number of carbonyl (C=O) groups excluding carboxylic acids is 1. The lowest BCUT2D eigenvalue weighted by molar-refractivity contribution is 0.121. The Bertz CT molecular complexity index is 197. The van der Waals surface area contributed by atoms with Gasteiger partial charge in [0.25, 0.3) is 0 Å². The molecule has 68 valence electrons. The van der Waals surface area contributed by atoms with Crippen LogP contribution in [0, 0.1) is 0 Å². The van der Waals surface area contributed by atoms with E-state index in [0.29, 0.717) is 17.6 Å². The van der Waals surface area contributed by atoms with Crippen molar-refractivity contribution in [1.29, 1.82) is 0 Å². The summed E-state index contributed by atoms with van der Waals surface area (Å²) in [5, 5.41) is 4.31. The maximum absolute atomic E-state index is 10.8. The smallest absolute Gasteiger partial charge is 0.363 e. The molecule has 0 spiro atoms. The van der Waals surface area contributed by atoms with Gasteiger partial charge in [0.15, 0.2) is 0 Å². The number of rotatable bonds is 1. The zero-order valence-electron chi connectivity index (χ0n) is 6.94. The largest absolute Gasteiger partial charge is 0.435 e. The van der Waals surface area contributed by atoms with E-state index in [0.717, 1.165) is 0 Å². The van der Waals surface area contributed by atoms with E-state index in [9.17, 15) is 4.79 Å². The van der Waals surface area contributed by atoms with Crippen LogP contribution in [-0.4, -0.2) is 42.7 Å². The molecule has 0 aromatic heterocycles. The first-order valence-corrected chi connectivity index (χ1v) is 4.34. The Balaban J connectivity index is 2.32. The molecule has 1 fully saturated rings. The third kappa shape index (κ3) is 2.71. The topological polar surface area (TPSA) is 51.1 Å². The second-order valence-corrected chi connectivity index (χ2v) is 3.34. The van der Waals surface area contributed by atoms with Gasteiger partial charge in [0.2, 0.25) is 0 Å². The maximum atomic E-state index is 10.8. The first-order chi connectivity index (χ1) is 5.70. The number of nitrogens with zero attached hydrogens (tertiary/aromatic N) is 2. The van der Waals surface area contributed by atoms with Crippen LogP contribution in [0.1, 0.15) is 0 Å². The predicted octanol–water partition coefficient (Wildman–Crippen LogP) is 0.719. The van der Waals surface area contributed by atoms with Crippen LogP contribution in [0.4, 0.5) is 4.79 Å². The summed E-state index contributed by atoms with van der Waals surface area (Å²) < 4.78 is 4.98. The molecule has 1 aliphatic heterocycles. The molecular weight excluding hydrogens is 180 g/mol. The molecule has 0 atom stereocenters. The van der Waals surface area contributed by atoms with Gasteiger partial charge in [0, 0.05) is 14.1 Å². The van der Waals surface area contributed by atoms with Crippen LogP contribution >= 0.6 is 11.8 Å². The predicted molar refractivity (Wildman–Crippen MR) is 46.0 cm³/mol. The molecule has 6 heteroatoms. The minimum Gasteiger partial charge on any atom is -0.363 e. The summed E-state index contributed by atoms with van der Waals surface area (Å²) in [6.07, 6.45) is -0.477. The summed E-state index contributed by atoms with van der Waals surface area (Å²) in [6, 6.07) is 0.